The molecule has 0 bridgehead atoms. The van der Waals surface area contributed by atoms with Crippen LogP contribution in [0.15, 0.2) is 255 Å². The van der Waals surface area contributed by atoms with E-state index in [1.165, 1.54) is 71.9 Å². The summed E-state index contributed by atoms with van der Waals surface area (Å²) in [5.74, 6) is 0. The van der Waals surface area contributed by atoms with Gasteiger partial charge in [0.2, 0.25) is 0 Å². The lowest BCUT2D eigenvalue weighted by atomic mass is 9.93. The van der Waals surface area contributed by atoms with E-state index in [-0.39, 0.29) is 0 Å². The van der Waals surface area contributed by atoms with Crippen LogP contribution in [0.1, 0.15) is 0 Å². The van der Waals surface area contributed by atoms with Gasteiger partial charge in [0.05, 0.1) is 11.0 Å². The van der Waals surface area contributed by atoms with Crippen molar-refractivity contribution in [1.82, 2.24) is 4.57 Å². The van der Waals surface area contributed by atoms with Crippen molar-refractivity contribution in [3.8, 4) is 61.3 Å². The summed E-state index contributed by atoms with van der Waals surface area (Å²) in [6, 6.07) is 92.0. The van der Waals surface area contributed by atoms with Crippen LogP contribution in [0.3, 0.4) is 0 Å². The fourth-order valence-electron chi connectivity index (χ4n) is 9.09. The van der Waals surface area contributed by atoms with Crippen molar-refractivity contribution in [3.63, 3.8) is 0 Å². The van der Waals surface area contributed by atoms with Crippen LogP contribution >= 0.6 is 0 Å². The Bertz CT molecular complexity index is 3330. The van der Waals surface area contributed by atoms with E-state index in [2.05, 4.69) is 264 Å². The highest BCUT2D eigenvalue weighted by molar-refractivity contribution is 6.11. The molecular weight excluding hydrogens is 749 g/mol. The summed E-state index contributed by atoms with van der Waals surface area (Å²) in [6.07, 6.45) is 0. The van der Waals surface area contributed by atoms with Gasteiger partial charge in [0.1, 0.15) is 0 Å². The summed E-state index contributed by atoms with van der Waals surface area (Å²) in [6.45, 7) is 0. The third kappa shape index (κ3) is 6.84. The maximum absolute atomic E-state index is 2.39. The Balaban J connectivity index is 0.992. The number of hydrogen-bond donors (Lipinski definition) is 0. The van der Waals surface area contributed by atoms with E-state index in [4.69, 9.17) is 0 Å². The van der Waals surface area contributed by atoms with E-state index in [0.717, 1.165) is 28.3 Å². The summed E-state index contributed by atoms with van der Waals surface area (Å²) < 4.78 is 2.39. The number of aromatic nitrogens is 1. The van der Waals surface area contributed by atoms with Gasteiger partial charge in [0.15, 0.2) is 0 Å². The van der Waals surface area contributed by atoms with Crippen LogP contribution in [-0.4, -0.2) is 4.57 Å². The molecule has 1 heterocycles. The summed E-state index contributed by atoms with van der Waals surface area (Å²) in [5, 5.41) is 2.47. The fraction of sp³-hybridized carbons (Fsp3) is 0. The van der Waals surface area contributed by atoms with Gasteiger partial charge in [-0.2, -0.15) is 0 Å². The van der Waals surface area contributed by atoms with E-state index in [0.29, 0.717) is 0 Å². The minimum atomic E-state index is 1.09. The van der Waals surface area contributed by atoms with Gasteiger partial charge in [-0.1, -0.05) is 188 Å². The second kappa shape index (κ2) is 16.1. The Morgan fingerprint density at radius 1 is 0.242 bits per heavy atom. The highest BCUT2D eigenvalue weighted by Crippen LogP contribution is 2.42. The molecular formula is C60H42N2. The molecule has 292 valence electrons. The van der Waals surface area contributed by atoms with Crippen molar-refractivity contribution in [2.45, 2.75) is 0 Å². The Morgan fingerprint density at radius 2 is 0.645 bits per heavy atom. The summed E-state index contributed by atoms with van der Waals surface area (Å²) >= 11 is 0. The Morgan fingerprint density at radius 3 is 1.24 bits per heavy atom. The van der Waals surface area contributed by atoms with Gasteiger partial charge in [-0.25, -0.2) is 0 Å². The molecule has 0 aliphatic carbocycles. The van der Waals surface area contributed by atoms with Crippen LogP contribution < -0.4 is 4.90 Å². The molecule has 0 radical (unpaired) electrons. The zero-order chi connectivity index (χ0) is 41.2. The van der Waals surface area contributed by atoms with E-state index in [1.807, 2.05) is 0 Å². The molecule has 0 unspecified atom stereocenters. The molecule has 0 aliphatic heterocycles. The SMILES string of the molecule is c1ccc(-c2ccc(-n3c4ccccc4c4cc(-c5ccccc5-c5cccc(N(c6ccccc6)c6cccc(-c7ccccc7-c7ccccc7)c6)c5)ccc43)cc2)cc1. The first-order valence-electron chi connectivity index (χ1n) is 21.3. The number of benzene rings is 10. The van der Waals surface area contributed by atoms with Gasteiger partial charge < -0.3 is 9.47 Å². The van der Waals surface area contributed by atoms with Crippen molar-refractivity contribution in [2.24, 2.45) is 0 Å². The zero-order valence-corrected chi connectivity index (χ0v) is 34.1. The Labute approximate surface area is 362 Å². The molecule has 0 aliphatic rings. The number of para-hydroxylation sites is 2. The first-order valence-corrected chi connectivity index (χ1v) is 21.3. The predicted octanol–water partition coefficient (Wildman–Crippen LogP) is 16.6. The number of anilines is 3. The maximum atomic E-state index is 2.39. The van der Waals surface area contributed by atoms with Crippen LogP contribution in [0.4, 0.5) is 17.1 Å². The number of fused-ring (bicyclic) bond motifs is 3. The molecule has 0 saturated carbocycles. The normalized spacial score (nSPS) is 11.2. The lowest BCUT2D eigenvalue weighted by molar-refractivity contribution is 1.18. The predicted molar refractivity (Wildman–Crippen MR) is 263 cm³/mol. The maximum Gasteiger partial charge on any atom is 0.0541 e. The van der Waals surface area contributed by atoms with Gasteiger partial charge in [-0.15, -0.1) is 0 Å². The van der Waals surface area contributed by atoms with Crippen LogP contribution in [-0.2, 0) is 0 Å². The minimum Gasteiger partial charge on any atom is -0.310 e. The van der Waals surface area contributed by atoms with E-state index < -0.39 is 0 Å². The molecule has 1 aromatic heterocycles. The lowest BCUT2D eigenvalue weighted by Gasteiger charge is -2.27. The smallest absolute Gasteiger partial charge is 0.0541 e. The molecule has 11 aromatic rings. The lowest BCUT2D eigenvalue weighted by Crippen LogP contribution is -2.10. The van der Waals surface area contributed by atoms with Crippen molar-refractivity contribution in [1.29, 1.82) is 0 Å². The molecule has 10 aromatic carbocycles. The van der Waals surface area contributed by atoms with E-state index >= 15 is 0 Å². The molecule has 0 amide bonds. The number of hydrogen-bond acceptors (Lipinski definition) is 1. The largest absolute Gasteiger partial charge is 0.310 e. The summed E-state index contributed by atoms with van der Waals surface area (Å²) in [5.41, 5.74) is 18.8. The number of rotatable bonds is 9. The average Bonchev–Trinajstić information content (AvgIpc) is 3.69. The Kier molecular flexibility index (Phi) is 9.57. The topological polar surface area (TPSA) is 8.17 Å². The first-order chi connectivity index (χ1) is 30.8. The Hall–Kier alpha value is -8.20. The second-order valence-corrected chi connectivity index (χ2v) is 15.7. The third-order valence-electron chi connectivity index (χ3n) is 12.0. The van der Waals surface area contributed by atoms with Gasteiger partial charge in [0.25, 0.3) is 0 Å². The van der Waals surface area contributed by atoms with Crippen molar-refractivity contribution in [3.05, 3.63) is 255 Å². The van der Waals surface area contributed by atoms with Crippen LogP contribution in [0.25, 0.3) is 83.1 Å². The number of nitrogens with zero attached hydrogens (tertiary/aromatic N) is 2. The van der Waals surface area contributed by atoms with E-state index in [9.17, 15) is 0 Å². The molecule has 0 spiro atoms. The van der Waals surface area contributed by atoms with Crippen molar-refractivity contribution >= 4 is 38.9 Å². The van der Waals surface area contributed by atoms with Crippen LogP contribution in [0.5, 0.6) is 0 Å². The molecule has 62 heavy (non-hydrogen) atoms. The molecule has 11 rings (SSSR count). The molecule has 0 fully saturated rings. The fourth-order valence-corrected chi connectivity index (χ4v) is 9.09. The third-order valence-corrected chi connectivity index (χ3v) is 12.0. The highest BCUT2D eigenvalue weighted by Gasteiger charge is 2.18. The molecule has 0 saturated heterocycles. The zero-order valence-electron chi connectivity index (χ0n) is 34.1. The quantitative estimate of drug-likeness (QED) is 0.141. The molecule has 2 nitrogen and oxygen atoms in total. The highest BCUT2D eigenvalue weighted by atomic mass is 15.1. The van der Waals surface area contributed by atoms with Gasteiger partial charge in [-0.3, -0.25) is 0 Å². The van der Waals surface area contributed by atoms with Crippen molar-refractivity contribution < 1.29 is 0 Å². The van der Waals surface area contributed by atoms with Crippen LogP contribution in [0, 0.1) is 0 Å². The van der Waals surface area contributed by atoms with E-state index in [1.54, 1.807) is 0 Å². The molecule has 0 atom stereocenters. The standard InChI is InChI=1S/C60H42N2/c1-4-18-43(19-5-1)44-34-37-50(38-35-44)62-59-33-15-14-32-57(59)58-42-48(36-39-60(58)62)56-31-13-12-30-55(56)47-23-17-27-52(41-47)61(49-24-8-3-9-25-49)51-26-16-22-46(40-51)54-29-11-10-28-53(54)45-20-6-2-7-21-45/h1-42H. The van der Waals surface area contributed by atoms with Gasteiger partial charge in [-0.05, 0) is 122 Å². The average molecular weight is 791 g/mol. The molecule has 0 N–H and O–H groups in total. The van der Waals surface area contributed by atoms with Crippen molar-refractivity contribution in [2.75, 3.05) is 4.90 Å². The summed E-state index contributed by atoms with van der Waals surface area (Å²) in [7, 11) is 0. The van der Waals surface area contributed by atoms with Crippen LogP contribution in [0.2, 0.25) is 0 Å². The van der Waals surface area contributed by atoms with Gasteiger partial charge >= 0.3 is 0 Å². The van der Waals surface area contributed by atoms with Gasteiger partial charge in [0, 0.05) is 33.5 Å². The monoisotopic (exact) mass is 790 g/mol. The molecule has 2 heteroatoms. The summed E-state index contributed by atoms with van der Waals surface area (Å²) in [4.78, 5) is 2.37. The second-order valence-electron chi connectivity index (χ2n) is 15.7. The first kappa shape index (κ1) is 36.8. The minimum absolute atomic E-state index is 1.09.